The number of hydrogen-bond acceptors (Lipinski definition) is 9. The third-order valence-corrected chi connectivity index (χ3v) is 3.63. The average molecular weight is 424 g/mol. The van der Waals surface area contributed by atoms with Crippen molar-refractivity contribution in [2.24, 2.45) is 0 Å². The maximum atomic E-state index is 12.7. The summed E-state index contributed by atoms with van der Waals surface area (Å²) < 4.78 is 19.6. The molecule has 0 aliphatic heterocycles. The largest absolute Gasteiger partial charge is 0.478 e. The van der Waals surface area contributed by atoms with Crippen molar-refractivity contribution in [1.82, 2.24) is 0 Å². The number of carbonyl (C=O) groups is 5. The Kier molecular flexibility index (Phi) is 10.0. The van der Waals surface area contributed by atoms with E-state index in [0.717, 1.165) is 20.3 Å². The summed E-state index contributed by atoms with van der Waals surface area (Å²) >= 11 is 0. The number of carboxylic acids is 1. The van der Waals surface area contributed by atoms with E-state index in [-0.39, 0.29) is 12.2 Å². The molecule has 0 aromatic heterocycles. The van der Waals surface area contributed by atoms with Gasteiger partial charge in [0.1, 0.15) is 0 Å². The number of aliphatic carboxylic acids is 1. The Labute approximate surface area is 173 Å². The maximum Gasteiger partial charge on any atom is 0.353 e. The minimum atomic E-state index is -2.16. The molecule has 1 aromatic carbocycles. The molecule has 30 heavy (non-hydrogen) atoms. The van der Waals surface area contributed by atoms with Crippen LogP contribution in [-0.2, 0) is 42.9 Å². The second-order valence-corrected chi connectivity index (χ2v) is 6.15. The Morgan fingerprint density at radius 2 is 1.43 bits per heavy atom. The molecule has 0 radical (unpaired) electrons. The van der Waals surface area contributed by atoms with Crippen LogP contribution in [-0.4, -0.2) is 53.8 Å². The van der Waals surface area contributed by atoms with Gasteiger partial charge in [-0.1, -0.05) is 43.7 Å². The summed E-state index contributed by atoms with van der Waals surface area (Å²) in [6.07, 6.45) is -4.48. The molecule has 164 valence electrons. The van der Waals surface area contributed by atoms with Crippen molar-refractivity contribution in [2.75, 3.05) is 6.61 Å². The molecule has 0 spiro atoms. The second-order valence-electron chi connectivity index (χ2n) is 6.15. The van der Waals surface area contributed by atoms with Crippen LogP contribution in [0, 0.1) is 0 Å². The van der Waals surface area contributed by atoms with Crippen LogP contribution in [0.1, 0.15) is 45.3 Å². The molecule has 10 nitrogen and oxygen atoms in total. The molecule has 0 aliphatic rings. The number of unbranched alkanes of at least 4 members (excludes halogenated alkanes) is 1. The lowest BCUT2D eigenvalue weighted by molar-refractivity contribution is -0.193. The van der Waals surface area contributed by atoms with Crippen molar-refractivity contribution in [3.8, 4) is 0 Å². The van der Waals surface area contributed by atoms with Gasteiger partial charge in [0, 0.05) is 19.4 Å². The summed E-state index contributed by atoms with van der Waals surface area (Å²) in [6, 6.07) is 7.87. The minimum absolute atomic E-state index is 0.0921. The minimum Gasteiger partial charge on any atom is -0.478 e. The fraction of sp³-hybridized carbons (Fsp3) is 0.450. The molecule has 10 heteroatoms. The van der Waals surface area contributed by atoms with Crippen molar-refractivity contribution >= 4 is 29.8 Å². The second kappa shape index (κ2) is 12.2. The van der Waals surface area contributed by atoms with E-state index in [2.05, 4.69) is 4.74 Å². The van der Waals surface area contributed by atoms with Gasteiger partial charge in [-0.15, -0.1) is 0 Å². The zero-order chi connectivity index (χ0) is 22.7. The lowest BCUT2D eigenvalue weighted by Gasteiger charge is -2.24. The number of esters is 4. The molecule has 0 saturated carbocycles. The van der Waals surface area contributed by atoms with E-state index >= 15 is 0 Å². The predicted octanol–water partition coefficient (Wildman–Crippen LogP) is 1.56. The van der Waals surface area contributed by atoms with Gasteiger partial charge in [-0.25, -0.2) is 14.4 Å². The van der Waals surface area contributed by atoms with Gasteiger partial charge in [-0.05, 0) is 6.42 Å². The third kappa shape index (κ3) is 7.90. The quantitative estimate of drug-likeness (QED) is 0.316. The molecule has 0 amide bonds. The fourth-order valence-corrected chi connectivity index (χ4v) is 2.29. The summed E-state index contributed by atoms with van der Waals surface area (Å²) in [5.74, 6) is -6.05. The Hall–Kier alpha value is -3.43. The average Bonchev–Trinajstić information content (AvgIpc) is 2.68. The van der Waals surface area contributed by atoms with Crippen LogP contribution in [0.3, 0.4) is 0 Å². The van der Waals surface area contributed by atoms with Crippen molar-refractivity contribution in [3.05, 3.63) is 35.9 Å². The van der Waals surface area contributed by atoms with Crippen molar-refractivity contribution < 1.29 is 48.0 Å². The zero-order valence-corrected chi connectivity index (χ0v) is 16.9. The van der Waals surface area contributed by atoms with Crippen LogP contribution >= 0.6 is 0 Å². The van der Waals surface area contributed by atoms with E-state index in [1.807, 2.05) is 6.92 Å². The van der Waals surface area contributed by atoms with Gasteiger partial charge in [0.25, 0.3) is 0 Å². The number of rotatable bonds is 11. The van der Waals surface area contributed by atoms with Gasteiger partial charge < -0.3 is 24.1 Å². The molecule has 0 heterocycles. The summed E-state index contributed by atoms with van der Waals surface area (Å²) in [5, 5.41) is 9.29. The Morgan fingerprint density at radius 3 is 1.93 bits per heavy atom. The first-order valence-electron chi connectivity index (χ1n) is 9.16. The highest BCUT2D eigenvalue weighted by molar-refractivity contribution is 5.89. The van der Waals surface area contributed by atoms with Gasteiger partial charge >= 0.3 is 29.8 Å². The van der Waals surface area contributed by atoms with Crippen molar-refractivity contribution in [3.63, 3.8) is 0 Å². The van der Waals surface area contributed by atoms with Crippen LogP contribution < -0.4 is 0 Å². The molecule has 0 bridgehead atoms. The summed E-state index contributed by atoms with van der Waals surface area (Å²) in [7, 11) is 0. The predicted molar refractivity (Wildman–Crippen MR) is 99.9 cm³/mol. The normalized spacial score (nSPS) is 13.3. The number of carbonyl (C=O) groups excluding carboxylic acids is 4. The first-order chi connectivity index (χ1) is 14.2. The zero-order valence-electron chi connectivity index (χ0n) is 16.9. The van der Waals surface area contributed by atoms with E-state index in [0.29, 0.717) is 6.42 Å². The number of carboxylic acid groups (broad SMARTS) is 1. The topological polar surface area (TPSA) is 142 Å². The van der Waals surface area contributed by atoms with E-state index in [9.17, 15) is 29.1 Å². The smallest absolute Gasteiger partial charge is 0.353 e. The van der Waals surface area contributed by atoms with Gasteiger partial charge in [0.15, 0.2) is 0 Å². The molecule has 0 unspecified atom stereocenters. The Morgan fingerprint density at radius 1 is 0.867 bits per heavy atom. The number of benzene rings is 1. The summed E-state index contributed by atoms with van der Waals surface area (Å²) in [4.78, 5) is 59.2. The lowest BCUT2D eigenvalue weighted by Crippen LogP contribution is -2.46. The fourth-order valence-electron chi connectivity index (χ4n) is 2.29. The van der Waals surface area contributed by atoms with Gasteiger partial charge in [-0.2, -0.15) is 0 Å². The molecule has 3 atom stereocenters. The Bertz CT molecular complexity index is 758. The van der Waals surface area contributed by atoms with E-state index in [4.69, 9.17) is 14.2 Å². The van der Waals surface area contributed by atoms with E-state index in [1.165, 1.54) is 12.1 Å². The standard InChI is InChI=1S/C20H24O10/c1-4-5-11-27-19(25)15(14-9-7-6-8-10-14)30-20(26)17(29-13(3)22)16(18(23)24)28-12(2)21/h6-10,15-17H,4-5,11H2,1-3H3,(H,23,24)/t15-,16-,17-/m1/s1. The highest BCUT2D eigenvalue weighted by Crippen LogP contribution is 2.22. The van der Waals surface area contributed by atoms with Crippen LogP contribution in [0.4, 0.5) is 0 Å². The first-order valence-corrected chi connectivity index (χ1v) is 9.16. The van der Waals surface area contributed by atoms with Crippen LogP contribution in [0.15, 0.2) is 30.3 Å². The highest BCUT2D eigenvalue weighted by Gasteiger charge is 2.42. The summed E-state index contributed by atoms with van der Waals surface area (Å²) in [5.41, 5.74) is 0.258. The molecular weight excluding hydrogens is 400 g/mol. The van der Waals surface area contributed by atoms with Crippen molar-refractivity contribution in [1.29, 1.82) is 0 Å². The van der Waals surface area contributed by atoms with Crippen molar-refractivity contribution in [2.45, 2.75) is 51.9 Å². The van der Waals surface area contributed by atoms with Gasteiger partial charge in [0.2, 0.25) is 18.3 Å². The summed E-state index contributed by atoms with van der Waals surface area (Å²) in [6.45, 7) is 3.84. The molecule has 1 N–H and O–H groups in total. The highest BCUT2D eigenvalue weighted by atomic mass is 16.6. The molecule has 1 rings (SSSR count). The lowest BCUT2D eigenvalue weighted by atomic mass is 10.1. The molecule has 0 fully saturated rings. The van der Waals surface area contributed by atoms with Gasteiger partial charge in [-0.3, -0.25) is 9.59 Å². The van der Waals surface area contributed by atoms with Crippen LogP contribution in [0.5, 0.6) is 0 Å². The SMILES string of the molecule is CCCCOC(=O)[C@H](OC(=O)[C@H](OC(C)=O)[C@@H](OC(C)=O)C(=O)O)c1ccccc1. The monoisotopic (exact) mass is 424 g/mol. The van der Waals surface area contributed by atoms with Crippen LogP contribution in [0.25, 0.3) is 0 Å². The van der Waals surface area contributed by atoms with Gasteiger partial charge in [0.05, 0.1) is 6.61 Å². The Balaban J connectivity index is 3.17. The van der Waals surface area contributed by atoms with E-state index in [1.54, 1.807) is 18.2 Å². The van der Waals surface area contributed by atoms with E-state index < -0.39 is 48.2 Å². The number of hydrogen-bond donors (Lipinski definition) is 1. The third-order valence-electron chi connectivity index (χ3n) is 3.63. The number of ether oxygens (including phenoxy) is 4. The molecule has 1 aromatic rings. The molecular formula is C20H24O10. The maximum absolute atomic E-state index is 12.7. The first kappa shape index (κ1) is 24.6. The van der Waals surface area contributed by atoms with Crippen LogP contribution in [0.2, 0.25) is 0 Å². The molecule has 0 aliphatic carbocycles. The molecule has 0 saturated heterocycles.